The first-order valence-electron chi connectivity index (χ1n) is 25.7. The van der Waals surface area contributed by atoms with Gasteiger partial charge in [0, 0.05) is 90.0 Å². The molecule has 0 spiro atoms. The van der Waals surface area contributed by atoms with Crippen LogP contribution in [-0.2, 0) is 25.7 Å². The maximum absolute atomic E-state index is 7.10. The van der Waals surface area contributed by atoms with Crippen molar-refractivity contribution in [2.75, 3.05) is 34.3 Å². The number of anilines is 6. The van der Waals surface area contributed by atoms with Crippen molar-refractivity contribution in [2.45, 2.75) is 83.3 Å². The van der Waals surface area contributed by atoms with Crippen molar-refractivity contribution < 1.29 is 4.42 Å². The normalized spacial score (nSPS) is 18.5. The molecule has 1 atom stereocenters. The van der Waals surface area contributed by atoms with E-state index in [4.69, 9.17) is 4.42 Å². The second kappa shape index (κ2) is 14.2. The molecule has 8 heteroatoms. The number of para-hydroxylation sites is 3. The highest BCUT2D eigenvalue weighted by Crippen LogP contribution is 2.49. The molecule has 0 bridgehead atoms. The number of hydrogen-bond acceptors (Lipinski definition) is 6. The molecule has 17 rings (SSSR count). The molecule has 0 fully saturated rings. The maximum Gasteiger partial charge on any atom is 0.249 e. The van der Waals surface area contributed by atoms with E-state index in [9.17, 15) is 0 Å². The summed E-state index contributed by atoms with van der Waals surface area (Å²) in [5, 5.41) is 2.48. The van der Waals surface area contributed by atoms with Crippen molar-refractivity contribution >= 4 is 126 Å². The van der Waals surface area contributed by atoms with E-state index < -0.39 is 0 Å². The number of aryl methyl sites for hydroxylation is 4. The average Bonchev–Trinajstić information content (AvgIpc) is 3.74. The Labute approximate surface area is 412 Å². The molecule has 330 valence electrons. The molecule has 9 aromatic rings. The Morgan fingerprint density at radius 1 is 0.449 bits per heavy atom. The van der Waals surface area contributed by atoms with E-state index in [-0.39, 0.29) is 13.4 Å². The third-order valence-electron chi connectivity index (χ3n) is 17.5. The van der Waals surface area contributed by atoms with Crippen molar-refractivity contribution in [3.63, 3.8) is 0 Å². The highest BCUT2D eigenvalue weighted by molar-refractivity contribution is 8.00. The summed E-state index contributed by atoms with van der Waals surface area (Å²) in [5.41, 5.74) is 28.2. The third-order valence-corrected chi connectivity index (χ3v) is 19.8. The Morgan fingerprint density at radius 2 is 1.01 bits per heavy atom. The fourth-order valence-corrected chi connectivity index (χ4v) is 17.1. The lowest BCUT2D eigenvalue weighted by Crippen LogP contribution is -2.61. The molecule has 1 aromatic heterocycles. The van der Waals surface area contributed by atoms with E-state index in [2.05, 4.69) is 148 Å². The summed E-state index contributed by atoms with van der Waals surface area (Å²) in [6, 6.07) is 52.9. The van der Waals surface area contributed by atoms with Gasteiger partial charge in [-0.1, -0.05) is 125 Å². The van der Waals surface area contributed by atoms with Crippen LogP contribution in [0.1, 0.15) is 71.4 Å². The van der Waals surface area contributed by atoms with Gasteiger partial charge >= 0.3 is 0 Å². The second-order valence-electron chi connectivity index (χ2n) is 21.0. The molecule has 0 radical (unpaired) electrons. The second-order valence-corrected chi connectivity index (χ2v) is 23.2. The Morgan fingerprint density at radius 3 is 1.71 bits per heavy atom. The van der Waals surface area contributed by atoms with Gasteiger partial charge in [-0.05, 0) is 155 Å². The molecule has 0 saturated carbocycles. The van der Waals surface area contributed by atoms with E-state index in [1.54, 1.807) is 0 Å². The first-order valence-corrected chi connectivity index (χ1v) is 27.3. The summed E-state index contributed by atoms with van der Waals surface area (Å²) in [6.07, 6.45) is 10.6. The maximum atomic E-state index is 7.10. The van der Waals surface area contributed by atoms with Gasteiger partial charge in [0.25, 0.3) is 0 Å². The molecule has 8 heterocycles. The van der Waals surface area contributed by atoms with Gasteiger partial charge in [-0.2, -0.15) is 0 Å². The lowest BCUT2D eigenvalue weighted by atomic mass is 9.34. The lowest BCUT2D eigenvalue weighted by Gasteiger charge is -2.44. The van der Waals surface area contributed by atoms with Crippen LogP contribution in [0.2, 0.25) is 0 Å². The summed E-state index contributed by atoms with van der Waals surface area (Å²) >= 11 is 3.95. The molecule has 1 aliphatic carbocycles. The van der Waals surface area contributed by atoms with Crippen LogP contribution in [0.25, 0.3) is 21.9 Å². The van der Waals surface area contributed by atoms with E-state index in [0.29, 0.717) is 5.92 Å². The molecular formula is C61H47B2N3OS2. The predicted molar refractivity (Wildman–Crippen MR) is 291 cm³/mol. The first-order chi connectivity index (χ1) is 34.2. The topological polar surface area (TPSA) is 22.9 Å². The highest BCUT2D eigenvalue weighted by atomic mass is 32.2. The van der Waals surface area contributed by atoms with E-state index in [1.165, 1.54) is 169 Å². The molecule has 8 aromatic carbocycles. The number of benzene rings is 8. The quantitative estimate of drug-likeness (QED) is 0.160. The van der Waals surface area contributed by atoms with Gasteiger partial charge in [0.2, 0.25) is 13.4 Å². The number of furan rings is 1. The summed E-state index contributed by atoms with van der Waals surface area (Å²) in [4.78, 5) is 13.5. The number of fused-ring (bicyclic) bond motifs is 13. The first kappa shape index (κ1) is 38.6. The van der Waals surface area contributed by atoms with Crippen LogP contribution in [0.5, 0.6) is 0 Å². The summed E-state index contributed by atoms with van der Waals surface area (Å²) in [5.74, 6) is 0.420. The Kier molecular flexibility index (Phi) is 7.95. The van der Waals surface area contributed by atoms with Crippen molar-refractivity contribution in [1.29, 1.82) is 0 Å². The summed E-state index contributed by atoms with van der Waals surface area (Å²) in [7, 11) is 0. The largest absolute Gasteiger partial charge is 0.456 e. The summed E-state index contributed by atoms with van der Waals surface area (Å²) in [6.45, 7) is 3.49. The van der Waals surface area contributed by atoms with Crippen molar-refractivity contribution in [1.82, 2.24) is 0 Å². The van der Waals surface area contributed by atoms with Gasteiger partial charge in [0.05, 0.1) is 0 Å². The lowest BCUT2D eigenvalue weighted by molar-refractivity contribution is 0.615. The zero-order valence-corrected chi connectivity index (χ0v) is 40.1. The number of hydrogen-bond donors (Lipinski definition) is 0. The smallest absolute Gasteiger partial charge is 0.249 e. The van der Waals surface area contributed by atoms with Crippen molar-refractivity contribution in [3.05, 3.63) is 167 Å². The zero-order valence-electron chi connectivity index (χ0n) is 38.5. The molecule has 1 unspecified atom stereocenters. The van der Waals surface area contributed by atoms with E-state index in [1.807, 2.05) is 23.5 Å². The van der Waals surface area contributed by atoms with Gasteiger partial charge in [-0.25, -0.2) is 0 Å². The third kappa shape index (κ3) is 5.32. The molecular weight excluding hydrogens is 876 g/mol. The Hall–Kier alpha value is -6.21. The standard InChI is InChI=1S/C61H47B2N3OS2/c1-3-19-41-35(11-1)13-5-20-42(41)39-27-50-58-56(28-39)68-54-33-52-43(31-47(54)62(58)45-21-6-14-37-17-9-25-65(50)60(37)45)44-32-48-55(34-53(44)67-52)69-57-30-40(64-24-8-16-36-12-2-4-23-49(36)64)29-51-59(57)63(48)46-22-7-15-38-18-10-26-66(51)61(38)46/h1-4,6-7,11-12,14-15,19,21-23,27-34,42H,5,8-10,13,16-18,20,24-26H2. The molecule has 0 saturated heterocycles. The molecule has 0 N–H and O–H groups in total. The fraction of sp³-hybridized carbons (Fsp3) is 0.213. The Balaban J connectivity index is 0.854. The van der Waals surface area contributed by atoms with Crippen molar-refractivity contribution in [3.8, 4) is 0 Å². The number of rotatable bonds is 2. The molecule has 69 heavy (non-hydrogen) atoms. The average molecular weight is 924 g/mol. The van der Waals surface area contributed by atoms with Gasteiger partial charge in [0.1, 0.15) is 11.2 Å². The summed E-state index contributed by atoms with van der Waals surface area (Å²) < 4.78 is 7.10. The SMILES string of the molecule is c1ccc2c(c1)CCCC2c1cc2c3c(c1)N1CCCc4cccc(c41)B3c1cc3c(cc1S2)oc1cc2c(cc13)B1c3cccc4c3N(CCC4)c3cc(N4CCCc5ccccc54)cc(c31)S2. The van der Waals surface area contributed by atoms with Crippen LogP contribution in [0.15, 0.2) is 157 Å². The molecule has 8 aliphatic rings. The van der Waals surface area contributed by atoms with Crippen LogP contribution in [-0.4, -0.2) is 33.1 Å². The van der Waals surface area contributed by atoms with Crippen LogP contribution < -0.4 is 47.5 Å². The molecule has 7 aliphatic heterocycles. The van der Waals surface area contributed by atoms with Crippen LogP contribution in [0, 0.1) is 0 Å². The Bertz CT molecular complexity index is 3540. The van der Waals surface area contributed by atoms with Crippen LogP contribution in [0.4, 0.5) is 34.1 Å². The zero-order chi connectivity index (χ0) is 44.6. The highest BCUT2D eigenvalue weighted by Gasteiger charge is 2.45. The van der Waals surface area contributed by atoms with Gasteiger partial charge < -0.3 is 19.1 Å². The van der Waals surface area contributed by atoms with E-state index >= 15 is 0 Å². The fourth-order valence-electron chi connectivity index (χ4n) is 14.7. The molecule has 0 amide bonds. The van der Waals surface area contributed by atoms with Gasteiger partial charge in [-0.15, -0.1) is 0 Å². The molecule has 4 nitrogen and oxygen atoms in total. The van der Waals surface area contributed by atoms with Gasteiger partial charge in [0.15, 0.2) is 0 Å². The minimum Gasteiger partial charge on any atom is -0.456 e. The van der Waals surface area contributed by atoms with Gasteiger partial charge in [-0.3, -0.25) is 0 Å². The van der Waals surface area contributed by atoms with E-state index in [0.717, 1.165) is 50.1 Å². The minimum atomic E-state index is 0.153. The van der Waals surface area contributed by atoms with Crippen molar-refractivity contribution in [2.24, 2.45) is 0 Å². The minimum absolute atomic E-state index is 0.153. The van der Waals surface area contributed by atoms with Crippen LogP contribution in [0.3, 0.4) is 0 Å². The monoisotopic (exact) mass is 923 g/mol. The number of nitrogens with zero attached hydrogens (tertiary/aromatic N) is 3. The predicted octanol–water partition coefficient (Wildman–Crippen LogP) is 10.9. The van der Waals surface area contributed by atoms with Crippen LogP contribution >= 0.6 is 23.5 Å².